The monoisotopic (exact) mass is 427 g/mol. The largest absolute Gasteiger partial charge is 0.503 e. The lowest BCUT2D eigenvalue weighted by Gasteiger charge is -2.28. The molecule has 0 saturated carbocycles. The van der Waals surface area contributed by atoms with E-state index in [2.05, 4.69) is 0 Å². The van der Waals surface area contributed by atoms with Gasteiger partial charge in [0.2, 0.25) is 0 Å². The van der Waals surface area contributed by atoms with Gasteiger partial charge >= 0.3 is 0 Å². The number of nitrogens with zero attached hydrogens (tertiary/aromatic N) is 1. The number of ether oxygens (including phenoxy) is 1. The first-order valence-electron chi connectivity index (χ1n) is 10.6. The lowest BCUT2D eigenvalue weighted by atomic mass is 9.91. The smallest absolute Gasteiger partial charge is 0.294 e. The molecule has 0 spiro atoms. The van der Waals surface area contributed by atoms with Crippen LogP contribution in [-0.4, -0.2) is 16.8 Å². The Labute approximate surface area is 187 Å². The number of hydrogen-bond donors (Lipinski definition) is 1. The number of benzene rings is 3. The van der Waals surface area contributed by atoms with Gasteiger partial charge in [-0.1, -0.05) is 62.4 Å². The van der Waals surface area contributed by atoms with E-state index in [1.807, 2.05) is 85.8 Å². The van der Waals surface area contributed by atoms with Crippen LogP contribution in [0, 0.1) is 12.8 Å². The van der Waals surface area contributed by atoms with E-state index in [0.29, 0.717) is 22.7 Å². The highest BCUT2D eigenvalue weighted by atomic mass is 16.5. The van der Waals surface area contributed by atoms with Gasteiger partial charge in [-0.2, -0.15) is 0 Å². The molecule has 3 aromatic rings. The lowest BCUT2D eigenvalue weighted by molar-refractivity contribution is -0.119. The molecule has 32 heavy (non-hydrogen) atoms. The summed E-state index contributed by atoms with van der Waals surface area (Å²) in [7, 11) is 0. The molecule has 0 saturated heterocycles. The molecule has 1 atom stereocenters. The molecule has 5 heteroatoms. The van der Waals surface area contributed by atoms with Gasteiger partial charge in [-0.25, -0.2) is 0 Å². The number of Topliss-reactive ketones (excluding diaryl/α,β-unsaturated/α-hetero) is 1. The van der Waals surface area contributed by atoms with Crippen LogP contribution in [0.3, 0.4) is 0 Å². The van der Waals surface area contributed by atoms with Crippen molar-refractivity contribution in [2.24, 2.45) is 5.92 Å². The third kappa shape index (κ3) is 3.89. The van der Waals surface area contributed by atoms with E-state index in [1.54, 1.807) is 13.8 Å². The summed E-state index contributed by atoms with van der Waals surface area (Å²) in [5.74, 6) is -0.447. The second kappa shape index (κ2) is 8.71. The molecular formula is C27H25NO4. The Morgan fingerprint density at radius 3 is 2.28 bits per heavy atom. The molecule has 3 aromatic carbocycles. The van der Waals surface area contributed by atoms with Crippen molar-refractivity contribution in [1.82, 2.24) is 0 Å². The SMILES string of the molecule is Cc1ccccc1N1C(=O)C(O)=C(C(=O)C(C)C)C1c1cccc(Oc2ccccc2)c1. The summed E-state index contributed by atoms with van der Waals surface area (Å²) in [6.07, 6.45) is 0. The Morgan fingerprint density at radius 2 is 1.59 bits per heavy atom. The van der Waals surface area contributed by atoms with Gasteiger partial charge < -0.3 is 9.84 Å². The summed E-state index contributed by atoms with van der Waals surface area (Å²) >= 11 is 0. The summed E-state index contributed by atoms with van der Waals surface area (Å²) in [6.45, 7) is 5.42. The van der Waals surface area contributed by atoms with Crippen LogP contribution in [0.15, 0.2) is 90.2 Å². The van der Waals surface area contributed by atoms with Crippen molar-refractivity contribution in [3.63, 3.8) is 0 Å². The van der Waals surface area contributed by atoms with Gasteiger partial charge in [0.15, 0.2) is 11.5 Å². The van der Waals surface area contributed by atoms with Crippen molar-refractivity contribution in [2.75, 3.05) is 4.90 Å². The van der Waals surface area contributed by atoms with E-state index in [1.165, 1.54) is 4.90 Å². The highest BCUT2D eigenvalue weighted by Crippen LogP contribution is 2.43. The number of aryl methyl sites for hydroxylation is 1. The van der Waals surface area contributed by atoms with Crippen LogP contribution in [0.4, 0.5) is 5.69 Å². The highest BCUT2D eigenvalue weighted by molar-refractivity contribution is 6.17. The van der Waals surface area contributed by atoms with E-state index in [0.717, 1.165) is 5.56 Å². The van der Waals surface area contributed by atoms with Crippen LogP contribution < -0.4 is 9.64 Å². The molecule has 1 unspecified atom stereocenters. The number of aliphatic hydroxyl groups excluding tert-OH is 1. The predicted molar refractivity (Wildman–Crippen MR) is 124 cm³/mol. The van der Waals surface area contributed by atoms with Gasteiger partial charge in [-0.15, -0.1) is 0 Å². The molecule has 1 N–H and O–H groups in total. The first-order chi connectivity index (χ1) is 15.4. The molecule has 0 fully saturated rings. The number of amides is 1. The number of aliphatic hydroxyl groups is 1. The third-order valence-electron chi connectivity index (χ3n) is 5.53. The second-order valence-corrected chi connectivity index (χ2v) is 8.13. The molecular weight excluding hydrogens is 402 g/mol. The van der Waals surface area contributed by atoms with E-state index in [-0.39, 0.29) is 17.3 Å². The number of rotatable bonds is 6. The van der Waals surface area contributed by atoms with E-state index < -0.39 is 17.7 Å². The number of carbonyl (C=O) groups is 2. The number of anilines is 1. The van der Waals surface area contributed by atoms with Crippen molar-refractivity contribution < 1.29 is 19.4 Å². The molecule has 0 radical (unpaired) electrons. The average molecular weight is 428 g/mol. The summed E-state index contributed by atoms with van der Waals surface area (Å²) < 4.78 is 5.97. The number of para-hydroxylation sites is 2. The molecule has 1 aliphatic rings. The van der Waals surface area contributed by atoms with Gasteiger partial charge in [0.25, 0.3) is 5.91 Å². The standard InChI is InChI=1S/C27H25NO4/c1-17(2)25(29)23-24(28(27(31)26(23)30)22-15-8-7-10-18(22)3)19-11-9-14-21(16-19)32-20-12-5-4-6-13-20/h4-17,24,30H,1-3H3. The maximum Gasteiger partial charge on any atom is 0.294 e. The summed E-state index contributed by atoms with van der Waals surface area (Å²) in [5, 5.41) is 10.8. The van der Waals surface area contributed by atoms with Crippen LogP contribution in [0.5, 0.6) is 11.5 Å². The zero-order chi connectivity index (χ0) is 22.8. The second-order valence-electron chi connectivity index (χ2n) is 8.13. The molecule has 4 rings (SSSR count). The minimum atomic E-state index is -0.752. The zero-order valence-electron chi connectivity index (χ0n) is 18.3. The first-order valence-corrected chi connectivity index (χ1v) is 10.6. The minimum absolute atomic E-state index is 0.116. The average Bonchev–Trinajstić information content (AvgIpc) is 3.05. The molecule has 162 valence electrons. The van der Waals surface area contributed by atoms with Crippen molar-refractivity contribution >= 4 is 17.4 Å². The maximum absolute atomic E-state index is 13.2. The Bertz CT molecular complexity index is 1200. The molecule has 1 amide bonds. The molecule has 0 aliphatic carbocycles. The van der Waals surface area contributed by atoms with Gasteiger partial charge in [-0.05, 0) is 48.4 Å². The van der Waals surface area contributed by atoms with Crippen LogP contribution in [0.1, 0.15) is 31.0 Å². The molecule has 1 aliphatic heterocycles. The Kier molecular flexibility index (Phi) is 5.82. The molecule has 0 bridgehead atoms. The van der Waals surface area contributed by atoms with Crippen molar-refractivity contribution in [3.05, 3.63) is 101 Å². The van der Waals surface area contributed by atoms with E-state index in [4.69, 9.17) is 4.74 Å². The van der Waals surface area contributed by atoms with Crippen molar-refractivity contribution in [3.8, 4) is 11.5 Å². The fourth-order valence-electron chi connectivity index (χ4n) is 3.94. The summed E-state index contributed by atoms with van der Waals surface area (Å²) in [6, 6.07) is 23.4. The Morgan fingerprint density at radius 1 is 0.938 bits per heavy atom. The number of ketones is 1. The first kappa shape index (κ1) is 21.4. The third-order valence-corrected chi connectivity index (χ3v) is 5.53. The van der Waals surface area contributed by atoms with Crippen LogP contribution in [0.2, 0.25) is 0 Å². The van der Waals surface area contributed by atoms with Crippen LogP contribution in [-0.2, 0) is 9.59 Å². The Balaban J connectivity index is 1.83. The predicted octanol–water partition coefficient (Wildman–Crippen LogP) is 5.91. The zero-order valence-corrected chi connectivity index (χ0v) is 18.3. The van der Waals surface area contributed by atoms with Gasteiger partial charge in [-0.3, -0.25) is 14.5 Å². The summed E-state index contributed by atoms with van der Waals surface area (Å²) in [4.78, 5) is 27.8. The topological polar surface area (TPSA) is 66.8 Å². The highest BCUT2D eigenvalue weighted by Gasteiger charge is 2.45. The van der Waals surface area contributed by atoms with Crippen LogP contribution >= 0.6 is 0 Å². The van der Waals surface area contributed by atoms with Gasteiger partial charge in [0, 0.05) is 11.6 Å². The number of hydrogen-bond acceptors (Lipinski definition) is 4. The minimum Gasteiger partial charge on any atom is -0.503 e. The van der Waals surface area contributed by atoms with Crippen molar-refractivity contribution in [1.29, 1.82) is 0 Å². The normalized spacial score (nSPS) is 16.1. The molecule has 1 heterocycles. The fourth-order valence-corrected chi connectivity index (χ4v) is 3.94. The van der Waals surface area contributed by atoms with E-state index >= 15 is 0 Å². The van der Waals surface area contributed by atoms with Gasteiger partial charge in [0.1, 0.15) is 11.5 Å². The lowest BCUT2D eigenvalue weighted by Crippen LogP contribution is -2.32. The molecule has 5 nitrogen and oxygen atoms in total. The number of carbonyl (C=O) groups excluding carboxylic acids is 2. The molecule has 0 aromatic heterocycles. The summed E-state index contributed by atoms with van der Waals surface area (Å²) in [5.41, 5.74) is 2.32. The quantitative estimate of drug-likeness (QED) is 0.531. The van der Waals surface area contributed by atoms with Crippen molar-refractivity contribution in [2.45, 2.75) is 26.8 Å². The maximum atomic E-state index is 13.2. The Hall–Kier alpha value is -3.86. The van der Waals surface area contributed by atoms with Gasteiger partial charge in [0.05, 0.1) is 11.6 Å². The van der Waals surface area contributed by atoms with Crippen LogP contribution in [0.25, 0.3) is 0 Å². The fraction of sp³-hybridized carbons (Fsp3) is 0.185. The van der Waals surface area contributed by atoms with E-state index in [9.17, 15) is 14.7 Å².